The molecule has 1 atom stereocenters. The number of carbonyl (C=O) groups is 1. The summed E-state index contributed by atoms with van der Waals surface area (Å²) in [5, 5.41) is 3.65. The van der Waals surface area contributed by atoms with E-state index in [0.29, 0.717) is 10.8 Å². The third-order valence-electron chi connectivity index (χ3n) is 5.58. The van der Waals surface area contributed by atoms with Crippen molar-refractivity contribution in [3.05, 3.63) is 64.2 Å². The summed E-state index contributed by atoms with van der Waals surface area (Å²) < 4.78 is 5.58. The Bertz CT molecular complexity index is 1030. The molecule has 1 heterocycles. The number of ether oxygens (including phenoxy) is 1. The largest absolute Gasteiger partial charge is 0.495 e. The van der Waals surface area contributed by atoms with E-state index in [2.05, 4.69) is 36.3 Å². The van der Waals surface area contributed by atoms with E-state index in [9.17, 15) is 4.79 Å². The first-order valence-corrected chi connectivity index (χ1v) is 10.5. The molecule has 6 heteroatoms. The highest BCUT2D eigenvalue weighted by atomic mass is 35.5. The minimum atomic E-state index is -0.146. The van der Waals surface area contributed by atoms with Gasteiger partial charge in [-0.2, -0.15) is 0 Å². The van der Waals surface area contributed by atoms with Crippen LogP contribution < -0.4 is 15.0 Å². The number of fused-ring (bicyclic) bond motifs is 1. The van der Waals surface area contributed by atoms with Gasteiger partial charge in [0.1, 0.15) is 5.75 Å². The lowest BCUT2D eigenvalue weighted by Crippen LogP contribution is -2.29. The van der Waals surface area contributed by atoms with Gasteiger partial charge in [-0.15, -0.1) is 0 Å². The Morgan fingerprint density at radius 2 is 2.13 bits per heavy atom. The van der Waals surface area contributed by atoms with Crippen LogP contribution in [0, 0.1) is 0 Å². The smallest absolute Gasteiger partial charge is 0.244 e. The van der Waals surface area contributed by atoms with Crippen molar-refractivity contribution in [1.29, 1.82) is 0 Å². The molecule has 2 aliphatic rings. The average molecular weight is 424 g/mol. The first-order valence-electron chi connectivity index (χ1n) is 10.1. The molecule has 2 aromatic carbocycles. The molecule has 0 aromatic heterocycles. The molecule has 30 heavy (non-hydrogen) atoms. The number of hydrogen-bond acceptors (Lipinski definition) is 4. The molecule has 1 amide bonds. The predicted molar refractivity (Wildman–Crippen MR) is 123 cm³/mol. The van der Waals surface area contributed by atoms with Crippen molar-refractivity contribution in [3.63, 3.8) is 0 Å². The number of rotatable bonds is 5. The molecule has 0 saturated heterocycles. The van der Waals surface area contributed by atoms with Crippen LogP contribution in [0.4, 0.5) is 5.69 Å². The van der Waals surface area contributed by atoms with Crippen LogP contribution in [0.5, 0.6) is 5.75 Å². The predicted octanol–water partition coefficient (Wildman–Crippen LogP) is 4.79. The fourth-order valence-corrected chi connectivity index (χ4v) is 4.26. The second-order valence-corrected chi connectivity index (χ2v) is 8.77. The third kappa shape index (κ3) is 4.21. The van der Waals surface area contributed by atoms with Crippen LogP contribution in [0.3, 0.4) is 0 Å². The molecule has 2 aromatic rings. The van der Waals surface area contributed by atoms with Crippen LogP contribution in [0.15, 0.2) is 47.5 Å². The molecular formula is C24H26ClN3O2. The van der Waals surface area contributed by atoms with E-state index in [-0.39, 0.29) is 17.5 Å². The summed E-state index contributed by atoms with van der Waals surface area (Å²) in [4.78, 5) is 19.0. The molecule has 4 rings (SSSR count). The summed E-state index contributed by atoms with van der Waals surface area (Å²) in [6.45, 7) is 4.91. The van der Waals surface area contributed by atoms with Crippen molar-refractivity contribution in [2.75, 3.05) is 18.6 Å². The van der Waals surface area contributed by atoms with Crippen molar-refractivity contribution in [2.24, 2.45) is 4.99 Å². The number of carbonyl (C=O) groups excluding carboxylic acids is 1. The van der Waals surface area contributed by atoms with Gasteiger partial charge in [-0.05, 0) is 61.6 Å². The molecule has 1 N–H and O–H groups in total. The van der Waals surface area contributed by atoms with Crippen molar-refractivity contribution in [1.82, 2.24) is 5.32 Å². The highest BCUT2D eigenvalue weighted by Gasteiger charge is 2.27. The van der Waals surface area contributed by atoms with Gasteiger partial charge in [0.2, 0.25) is 5.91 Å². The molecule has 156 valence electrons. The first kappa shape index (κ1) is 20.5. The Hall–Kier alpha value is -2.79. The number of benzene rings is 2. The van der Waals surface area contributed by atoms with Crippen LogP contribution in [0.1, 0.15) is 43.0 Å². The fraction of sp³-hybridized carbons (Fsp3) is 0.333. The molecule has 0 bridgehead atoms. The van der Waals surface area contributed by atoms with Gasteiger partial charge < -0.3 is 15.0 Å². The maximum atomic E-state index is 12.5. The zero-order chi connectivity index (χ0) is 21.3. The van der Waals surface area contributed by atoms with Gasteiger partial charge in [0, 0.05) is 12.6 Å². The molecule has 5 nitrogen and oxygen atoms in total. The normalized spacial score (nSPS) is 19.3. The summed E-state index contributed by atoms with van der Waals surface area (Å²) in [5.41, 5.74) is 3.96. The summed E-state index contributed by atoms with van der Waals surface area (Å²) in [6.07, 6.45) is 6.99. The maximum absolute atomic E-state index is 12.5. The monoisotopic (exact) mass is 423 g/mol. The van der Waals surface area contributed by atoms with E-state index in [1.165, 1.54) is 17.2 Å². The van der Waals surface area contributed by atoms with Crippen LogP contribution in [0.2, 0.25) is 5.02 Å². The number of anilines is 1. The van der Waals surface area contributed by atoms with Crippen molar-refractivity contribution in [2.45, 2.75) is 38.3 Å². The van der Waals surface area contributed by atoms with Gasteiger partial charge in [-0.3, -0.25) is 9.79 Å². The molecule has 0 saturated carbocycles. The molecule has 0 radical (unpaired) electrons. The first-order chi connectivity index (χ1) is 14.4. The Balaban J connectivity index is 1.48. The van der Waals surface area contributed by atoms with E-state index in [4.69, 9.17) is 16.3 Å². The van der Waals surface area contributed by atoms with Crippen molar-refractivity contribution in [3.8, 4) is 5.75 Å². The lowest BCUT2D eigenvalue weighted by Gasteiger charge is -2.22. The SMILES string of the molecule is COc1cc(/C=C/C(=O)NC2CCc3ccccc32)c(Cl)cc1N1C=NC(C)(C)C1. The van der Waals surface area contributed by atoms with E-state index in [1.807, 2.05) is 35.5 Å². The number of aryl methyl sites for hydroxylation is 1. The Morgan fingerprint density at radius 3 is 2.87 bits per heavy atom. The quantitative estimate of drug-likeness (QED) is 0.703. The van der Waals surface area contributed by atoms with E-state index in [0.717, 1.165) is 30.6 Å². The maximum Gasteiger partial charge on any atom is 0.244 e. The van der Waals surface area contributed by atoms with E-state index in [1.54, 1.807) is 13.2 Å². The van der Waals surface area contributed by atoms with Crippen molar-refractivity contribution < 1.29 is 9.53 Å². The topological polar surface area (TPSA) is 53.9 Å². The second-order valence-electron chi connectivity index (χ2n) is 8.36. The Kier molecular flexibility index (Phi) is 5.56. The average Bonchev–Trinajstić information content (AvgIpc) is 3.29. The highest BCUT2D eigenvalue weighted by Crippen LogP contribution is 2.36. The number of methoxy groups -OCH3 is 1. The zero-order valence-corrected chi connectivity index (χ0v) is 18.2. The lowest BCUT2D eigenvalue weighted by molar-refractivity contribution is -0.117. The van der Waals surface area contributed by atoms with Gasteiger partial charge >= 0.3 is 0 Å². The van der Waals surface area contributed by atoms with E-state index < -0.39 is 0 Å². The van der Waals surface area contributed by atoms with Gasteiger partial charge in [-0.25, -0.2) is 0 Å². The van der Waals surface area contributed by atoms with Crippen LogP contribution in [0.25, 0.3) is 6.08 Å². The zero-order valence-electron chi connectivity index (χ0n) is 17.5. The third-order valence-corrected chi connectivity index (χ3v) is 5.90. The summed E-state index contributed by atoms with van der Waals surface area (Å²) >= 11 is 6.52. The number of aliphatic imine (C=N–C) groups is 1. The Labute approximate surface area is 182 Å². The van der Waals surface area contributed by atoms with Crippen LogP contribution in [-0.4, -0.2) is 31.4 Å². The molecule has 0 spiro atoms. The molecule has 0 fully saturated rings. The summed E-state index contributed by atoms with van der Waals surface area (Å²) in [6, 6.07) is 12.0. The number of nitrogens with one attached hydrogen (secondary N) is 1. The Morgan fingerprint density at radius 1 is 1.33 bits per heavy atom. The second kappa shape index (κ2) is 8.15. The number of halogens is 1. The number of nitrogens with zero attached hydrogens (tertiary/aromatic N) is 2. The molecule has 1 unspecified atom stereocenters. The summed E-state index contributed by atoms with van der Waals surface area (Å²) in [7, 11) is 1.63. The minimum Gasteiger partial charge on any atom is -0.495 e. The molecule has 1 aliphatic carbocycles. The van der Waals surface area contributed by atoms with Gasteiger partial charge in [0.15, 0.2) is 0 Å². The molecule has 1 aliphatic heterocycles. The highest BCUT2D eigenvalue weighted by molar-refractivity contribution is 6.32. The standard InChI is InChI=1S/C24H26ClN3O2/c1-24(2)14-28(15-26-24)21-13-19(25)17(12-22(21)30-3)9-11-23(29)27-20-10-8-16-6-4-5-7-18(16)20/h4-7,9,11-13,15,20H,8,10,14H2,1-3H3,(H,27,29)/b11-9+. The lowest BCUT2D eigenvalue weighted by atomic mass is 10.1. The van der Waals surface area contributed by atoms with Gasteiger partial charge in [0.05, 0.1) is 35.7 Å². The van der Waals surface area contributed by atoms with Crippen LogP contribution >= 0.6 is 11.6 Å². The number of amides is 1. The van der Waals surface area contributed by atoms with E-state index >= 15 is 0 Å². The van der Waals surface area contributed by atoms with Gasteiger partial charge in [-0.1, -0.05) is 35.9 Å². The fourth-order valence-electron chi connectivity index (χ4n) is 4.04. The van der Waals surface area contributed by atoms with Crippen LogP contribution in [-0.2, 0) is 11.2 Å². The summed E-state index contributed by atoms with van der Waals surface area (Å²) in [5.74, 6) is 0.553. The van der Waals surface area contributed by atoms with Gasteiger partial charge in [0.25, 0.3) is 0 Å². The molecular weight excluding hydrogens is 398 g/mol. The van der Waals surface area contributed by atoms with Crippen molar-refractivity contribution >= 4 is 35.6 Å². The number of hydrogen-bond donors (Lipinski definition) is 1. The minimum absolute atomic E-state index is 0.0588.